The Kier molecular flexibility index (Phi) is 2.89. The second-order valence-electron chi connectivity index (χ2n) is 4.23. The minimum absolute atomic E-state index is 0.104. The van der Waals surface area contributed by atoms with Crippen LogP contribution in [-0.2, 0) is 5.60 Å². The Morgan fingerprint density at radius 1 is 1.13 bits per heavy atom. The molecule has 0 radical (unpaired) electrons. The normalized spacial score (nSPS) is 20.1. The zero-order valence-electron chi connectivity index (χ0n) is 8.54. The number of phenols is 1. The summed E-state index contributed by atoms with van der Waals surface area (Å²) >= 11 is 6.03. The molecule has 1 saturated carbocycles. The molecular formula is C12H15ClO2. The molecule has 3 heteroatoms. The van der Waals surface area contributed by atoms with Gasteiger partial charge in [-0.05, 0) is 25.0 Å². The molecule has 0 spiro atoms. The van der Waals surface area contributed by atoms with Gasteiger partial charge in [-0.2, -0.15) is 0 Å². The molecule has 1 aliphatic carbocycles. The van der Waals surface area contributed by atoms with Crippen LogP contribution in [0.25, 0.3) is 0 Å². The fourth-order valence-corrected chi connectivity index (χ4v) is 2.71. The lowest BCUT2D eigenvalue weighted by Gasteiger charge is -2.33. The Morgan fingerprint density at radius 2 is 1.80 bits per heavy atom. The molecule has 0 amide bonds. The molecule has 2 N–H and O–H groups in total. The molecule has 2 nitrogen and oxygen atoms in total. The first-order valence-electron chi connectivity index (χ1n) is 5.34. The van der Waals surface area contributed by atoms with Gasteiger partial charge in [0.2, 0.25) is 0 Å². The minimum Gasteiger partial charge on any atom is -0.508 e. The van der Waals surface area contributed by atoms with E-state index in [1.807, 2.05) is 0 Å². The van der Waals surface area contributed by atoms with Crippen LogP contribution in [0.3, 0.4) is 0 Å². The zero-order valence-corrected chi connectivity index (χ0v) is 9.30. The zero-order chi connectivity index (χ0) is 10.9. The average molecular weight is 227 g/mol. The van der Waals surface area contributed by atoms with Crippen molar-refractivity contribution in [1.82, 2.24) is 0 Å². The molecule has 1 aromatic carbocycles. The lowest BCUT2D eigenvalue weighted by Crippen LogP contribution is -2.28. The van der Waals surface area contributed by atoms with E-state index in [4.69, 9.17) is 11.6 Å². The largest absolute Gasteiger partial charge is 0.508 e. The third kappa shape index (κ3) is 1.97. The smallest absolute Gasteiger partial charge is 0.123 e. The van der Waals surface area contributed by atoms with Gasteiger partial charge in [-0.15, -0.1) is 0 Å². The lowest BCUT2D eigenvalue weighted by molar-refractivity contribution is -0.00241. The van der Waals surface area contributed by atoms with E-state index in [2.05, 4.69) is 0 Å². The van der Waals surface area contributed by atoms with Crippen molar-refractivity contribution in [2.45, 2.75) is 37.7 Å². The van der Waals surface area contributed by atoms with Gasteiger partial charge >= 0.3 is 0 Å². The Morgan fingerprint density at radius 3 is 2.40 bits per heavy atom. The van der Waals surface area contributed by atoms with Crippen LogP contribution in [0.15, 0.2) is 18.2 Å². The summed E-state index contributed by atoms with van der Waals surface area (Å²) in [6, 6.07) is 4.98. The molecule has 0 atom stereocenters. The summed E-state index contributed by atoms with van der Waals surface area (Å²) in [7, 11) is 0. The second-order valence-corrected chi connectivity index (χ2v) is 4.63. The van der Waals surface area contributed by atoms with E-state index in [9.17, 15) is 10.2 Å². The Bertz CT molecular complexity index is 336. The van der Waals surface area contributed by atoms with Gasteiger partial charge in [0.15, 0.2) is 0 Å². The summed E-state index contributed by atoms with van der Waals surface area (Å²) in [4.78, 5) is 0. The van der Waals surface area contributed by atoms with Crippen LogP contribution in [0.5, 0.6) is 5.75 Å². The monoisotopic (exact) mass is 226 g/mol. The number of phenolic OH excluding ortho intramolecular Hbond substituents is 1. The van der Waals surface area contributed by atoms with Crippen molar-refractivity contribution in [2.24, 2.45) is 0 Å². The maximum Gasteiger partial charge on any atom is 0.123 e. The van der Waals surface area contributed by atoms with Gasteiger partial charge in [0.25, 0.3) is 0 Å². The molecule has 1 aromatic rings. The van der Waals surface area contributed by atoms with Gasteiger partial charge in [-0.1, -0.05) is 36.9 Å². The molecule has 0 aliphatic heterocycles. The Balaban J connectivity index is 2.42. The number of halogens is 1. The van der Waals surface area contributed by atoms with Crippen LogP contribution in [0.1, 0.15) is 37.7 Å². The van der Waals surface area contributed by atoms with Gasteiger partial charge in [0, 0.05) is 5.56 Å². The number of hydrogen-bond acceptors (Lipinski definition) is 2. The maximum atomic E-state index is 10.5. The molecule has 1 aliphatic rings. The van der Waals surface area contributed by atoms with Crippen molar-refractivity contribution in [3.63, 3.8) is 0 Å². The van der Waals surface area contributed by atoms with E-state index < -0.39 is 5.60 Å². The van der Waals surface area contributed by atoms with Gasteiger partial charge < -0.3 is 10.2 Å². The van der Waals surface area contributed by atoms with Crippen molar-refractivity contribution >= 4 is 11.6 Å². The van der Waals surface area contributed by atoms with E-state index in [0.717, 1.165) is 19.3 Å². The Hall–Kier alpha value is -0.730. The predicted molar refractivity (Wildman–Crippen MR) is 60.1 cm³/mol. The van der Waals surface area contributed by atoms with Crippen LogP contribution in [0.4, 0.5) is 0 Å². The van der Waals surface area contributed by atoms with Crippen LogP contribution in [0, 0.1) is 0 Å². The molecule has 0 bridgehead atoms. The Labute approximate surface area is 94.5 Å². The van der Waals surface area contributed by atoms with Crippen molar-refractivity contribution < 1.29 is 10.2 Å². The van der Waals surface area contributed by atoms with E-state index in [1.165, 1.54) is 0 Å². The van der Waals surface area contributed by atoms with Gasteiger partial charge in [0.1, 0.15) is 5.75 Å². The first kappa shape index (κ1) is 10.8. The topological polar surface area (TPSA) is 40.5 Å². The molecule has 0 aromatic heterocycles. The molecular weight excluding hydrogens is 212 g/mol. The van der Waals surface area contributed by atoms with E-state index >= 15 is 0 Å². The third-order valence-electron chi connectivity index (χ3n) is 3.14. The minimum atomic E-state index is -0.930. The van der Waals surface area contributed by atoms with E-state index in [-0.39, 0.29) is 5.75 Å². The summed E-state index contributed by atoms with van der Waals surface area (Å²) in [5, 5.41) is 20.7. The van der Waals surface area contributed by atoms with Crippen molar-refractivity contribution in [3.05, 3.63) is 28.8 Å². The highest BCUT2D eigenvalue weighted by Crippen LogP contribution is 2.43. The number of aliphatic hydroxyl groups is 1. The predicted octanol–water partition coefficient (Wildman–Crippen LogP) is 3.20. The second kappa shape index (κ2) is 4.03. The van der Waals surface area contributed by atoms with E-state index in [0.29, 0.717) is 23.4 Å². The lowest BCUT2D eigenvalue weighted by atomic mass is 9.79. The van der Waals surface area contributed by atoms with Crippen molar-refractivity contribution in [2.75, 3.05) is 0 Å². The highest BCUT2D eigenvalue weighted by atomic mass is 35.5. The van der Waals surface area contributed by atoms with Crippen LogP contribution in [-0.4, -0.2) is 10.2 Å². The van der Waals surface area contributed by atoms with Crippen molar-refractivity contribution in [1.29, 1.82) is 0 Å². The summed E-state index contributed by atoms with van der Waals surface area (Å²) in [6.07, 6.45) is 4.49. The summed E-state index contributed by atoms with van der Waals surface area (Å²) in [5.41, 5.74) is -0.424. The third-order valence-corrected chi connectivity index (χ3v) is 3.45. The molecule has 0 saturated heterocycles. The van der Waals surface area contributed by atoms with Crippen LogP contribution < -0.4 is 0 Å². The number of aromatic hydroxyl groups is 1. The first-order chi connectivity index (χ1) is 7.13. The maximum absolute atomic E-state index is 10.5. The van der Waals surface area contributed by atoms with Gasteiger partial charge in [-0.3, -0.25) is 0 Å². The van der Waals surface area contributed by atoms with Crippen molar-refractivity contribution in [3.8, 4) is 5.75 Å². The van der Waals surface area contributed by atoms with Crippen LogP contribution >= 0.6 is 11.6 Å². The fraction of sp³-hybridized carbons (Fsp3) is 0.500. The highest BCUT2D eigenvalue weighted by Gasteiger charge is 2.35. The molecule has 0 heterocycles. The first-order valence-corrected chi connectivity index (χ1v) is 5.72. The summed E-state index contributed by atoms with van der Waals surface area (Å²) < 4.78 is 0. The molecule has 2 rings (SSSR count). The number of rotatable bonds is 1. The number of hydrogen-bond donors (Lipinski definition) is 2. The average Bonchev–Trinajstić information content (AvgIpc) is 2.18. The standard InChI is InChI=1S/C12H15ClO2/c13-9-5-4-6-10(14)11(9)12(15)7-2-1-3-8-12/h4-6,14-15H,1-3,7-8H2. The molecule has 0 unspecified atom stereocenters. The number of benzene rings is 1. The quantitative estimate of drug-likeness (QED) is 0.772. The SMILES string of the molecule is Oc1cccc(Cl)c1C1(O)CCCCC1. The van der Waals surface area contributed by atoms with Crippen LogP contribution in [0.2, 0.25) is 5.02 Å². The summed E-state index contributed by atoms with van der Waals surface area (Å²) in [6.45, 7) is 0. The molecule has 82 valence electrons. The molecule has 15 heavy (non-hydrogen) atoms. The molecule has 1 fully saturated rings. The fourth-order valence-electron chi connectivity index (χ4n) is 2.36. The highest BCUT2D eigenvalue weighted by molar-refractivity contribution is 6.31. The van der Waals surface area contributed by atoms with E-state index in [1.54, 1.807) is 18.2 Å². The van der Waals surface area contributed by atoms with Gasteiger partial charge in [0.05, 0.1) is 10.6 Å². The van der Waals surface area contributed by atoms with Gasteiger partial charge in [-0.25, -0.2) is 0 Å². The summed E-state index contributed by atoms with van der Waals surface area (Å²) in [5.74, 6) is 0.104.